The summed E-state index contributed by atoms with van der Waals surface area (Å²) in [5.74, 6) is -0.895. The quantitative estimate of drug-likeness (QED) is 0.659. The first-order chi connectivity index (χ1) is 12.9. The number of hydrogen-bond acceptors (Lipinski definition) is 5. The van der Waals surface area contributed by atoms with Crippen LogP contribution in [0.2, 0.25) is 5.02 Å². The van der Waals surface area contributed by atoms with Gasteiger partial charge in [-0.15, -0.1) is 0 Å². The van der Waals surface area contributed by atoms with Crippen molar-refractivity contribution in [3.05, 3.63) is 34.9 Å². The first-order valence-electron chi connectivity index (χ1n) is 9.16. The molecule has 1 fully saturated rings. The summed E-state index contributed by atoms with van der Waals surface area (Å²) in [7, 11) is 1.75. The number of halogens is 1. The standard InChI is InChI=1S/C19H28ClN3O4/c1-3-17(14-4-6-15(20)7-5-14)21-18(24)12-23-8-9-27-16(11-23)10-22(2)13-19(25)26/h4-7,16-17H,3,8-13H2,1-2H3,(H,21,24)(H,25,26). The number of nitrogens with one attached hydrogen (secondary N) is 1. The summed E-state index contributed by atoms with van der Waals surface area (Å²) < 4.78 is 5.70. The number of rotatable bonds is 9. The highest BCUT2D eigenvalue weighted by Crippen LogP contribution is 2.19. The second-order valence-corrected chi connectivity index (χ2v) is 7.33. The zero-order valence-electron chi connectivity index (χ0n) is 15.9. The molecule has 27 heavy (non-hydrogen) atoms. The minimum Gasteiger partial charge on any atom is -0.480 e. The Labute approximate surface area is 165 Å². The lowest BCUT2D eigenvalue weighted by Gasteiger charge is -2.34. The molecule has 2 N–H and O–H groups in total. The maximum absolute atomic E-state index is 12.5. The number of morpholine rings is 1. The van der Waals surface area contributed by atoms with Gasteiger partial charge < -0.3 is 15.2 Å². The highest BCUT2D eigenvalue weighted by atomic mass is 35.5. The number of carboxylic acid groups (broad SMARTS) is 1. The molecule has 2 atom stereocenters. The van der Waals surface area contributed by atoms with E-state index in [0.29, 0.717) is 37.8 Å². The maximum Gasteiger partial charge on any atom is 0.317 e. The Morgan fingerprint density at radius 2 is 2.11 bits per heavy atom. The minimum atomic E-state index is -0.864. The molecule has 0 spiro atoms. The van der Waals surface area contributed by atoms with Crippen molar-refractivity contribution in [2.24, 2.45) is 0 Å². The van der Waals surface area contributed by atoms with Crippen LogP contribution in [-0.4, -0.2) is 79.3 Å². The summed E-state index contributed by atoms with van der Waals surface area (Å²) in [4.78, 5) is 27.0. The molecule has 0 aromatic heterocycles. The number of aliphatic carboxylic acids is 1. The maximum atomic E-state index is 12.5. The molecule has 1 aromatic carbocycles. The van der Waals surface area contributed by atoms with E-state index in [-0.39, 0.29) is 24.6 Å². The zero-order valence-corrected chi connectivity index (χ0v) is 16.6. The number of carboxylic acids is 1. The number of ether oxygens (including phenoxy) is 1. The third-order valence-corrected chi connectivity index (χ3v) is 4.78. The van der Waals surface area contributed by atoms with Crippen molar-refractivity contribution in [2.75, 3.05) is 46.4 Å². The van der Waals surface area contributed by atoms with E-state index in [1.165, 1.54) is 0 Å². The van der Waals surface area contributed by atoms with Crippen LogP contribution in [0.15, 0.2) is 24.3 Å². The number of carbonyl (C=O) groups excluding carboxylic acids is 1. The minimum absolute atomic E-state index is 0.0282. The van der Waals surface area contributed by atoms with Crippen LogP contribution in [-0.2, 0) is 14.3 Å². The molecule has 0 saturated carbocycles. The number of carbonyl (C=O) groups is 2. The third kappa shape index (κ3) is 7.46. The lowest BCUT2D eigenvalue weighted by Crippen LogP contribution is -2.50. The molecule has 0 aliphatic carbocycles. The molecular weight excluding hydrogens is 370 g/mol. The van der Waals surface area contributed by atoms with Crippen LogP contribution in [0, 0.1) is 0 Å². The summed E-state index contributed by atoms with van der Waals surface area (Å²) in [6, 6.07) is 7.46. The fraction of sp³-hybridized carbons (Fsp3) is 0.579. The molecule has 150 valence electrons. The Morgan fingerprint density at radius 3 is 2.74 bits per heavy atom. The van der Waals surface area contributed by atoms with Crippen molar-refractivity contribution in [1.82, 2.24) is 15.1 Å². The van der Waals surface area contributed by atoms with E-state index in [9.17, 15) is 9.59 Å². The molecule has 1 aliphatic rings. The van der Waals surface area contributed by atoms with Gasteiger partial charge in [-0.25, -0.2) is 0 Å². The van der Waals surface area contributed by atoms with Gasteiger partial charge >= 0.3 is 5.97 Å². The van der Waals surface area contributed by atoms with Crippen LogP contribution < -0.4 is 5.32 Å². The smallest absolute Gasteiger partial charge is 0.317 e. The molecule has 0 radical (unpaired) electrons. The molecule has 0 bridgehead atoms. The molecule has 1 aliphatic heterocycles. The molecule has 8 heteroatoms. The Hall–Kier alpha value is -1.67. The summed E-state index contributed by atoms with van der Waals surface area (Å²) in [6.07, 6.45) is 0.688. The average Bonchev–Trinajstić information content (AvgIpc) is 2.60. The molecule has 1 saturated heterocycles. The van der Waals surface area contributed by atoms with Crippen molar-refractivity contribution in [3.8, 4) is 0 Å². The molecule has 2 unspecified atom stereocenters. The average molecular weight is 398 g/mol. The SMILES string of the molecule is CCC(NC(=O)CN1CCOC(CN(C)CC(=O)O)C1)c1ccc(Cl)cc1. The first kappa shape index (κ1) is 21.6. The van der Waals surface area contributed by atoms with Crippen LogP contribution in [0.4, 0.5) is 0 Å². The first-order valence-corrected chi connectivity index (χ1v) is 9.54. The van der Waals surface area contributed by atoms with E-state index in [1.54, 1.807) is 11.9 Å². The summed E-state index contributed by atoms with van der Waals surface area (Å²) in [5.41, 5.74) is 1.03. The molecule has 1 amide bonds. The summed E-state index contributed by atoms with van der Waals surface area (Å²) in [6.45, 7) is 4.65. The van der Waals surface area contributed by atoms with Crippen molar-refractivity contribution in [3.63, 3.8) is 0 Å². The van der Waals surface area contributed by atoms with Gasteiger partial charge in [0.15, 0.2) is 0 Å². The van der Waals surface area contributed by atoms with Gasteiger partial charge in [0.05, 0.1) is 31.8 Å². The Kier molecular flexibility index (Phi) is 8.50. The molecule has 2 rings (SSSR count). The summed E-state index contributed by atoms with van der Waals surface area (Å²) in [5, 5.41) is 12.6. The van der Waals surface area contributed by atoms with Gasteiger partial charge in [0.2, 0.25) is 5.91 Å². The number of nitrogens with zero attached hydrogens (tertiary/aromatic N) is 2. The highest BCUT2D eigenvalue weighted by Gasteiger charge is 2.24. The topological polar surface area (TPSA) is 82.1 Å². The fourth-order valence-corrected chi connectivity index (χ4v) is 3.36. The molecule has 7 nitrogen and oxygen atoms in total. The number of amides is 1. The fourth-order valence-electron chi connectivity index (χ4n) is 3.24. The normalized spacial score (nSPS) is 19.0. The van der Waals surface area contributed by atoms with Crippen molar-refractivity contribution in [2.45, 2.75) is 25.5 Å². The van der Waals surface area contributed by atoms with Crippen LogP contribution in [0.5, 0.6) is 0 Å². The molecular formula is C19H28ClN3O4. The van der Waals surface area contributed by atoms with Gasteiger partial charge in [0.1, 0.15) is 0 Å². The van der Waals surface area contributed by atoms with Gasteiger partial charge in [-0.3, -0.25) is 19.4 Å². The predicted octanol–water partition coefficient (Wildman–Crippen LogP) is 1.62. The second kappa shape index (κ2) is 10.6. The largest absolute Gasteiger partial charge is 0.480 e. The van der Waals surface area contributed by atoms with Gasteiger partial charge in [-0.2, -0.15) is 0 Å². The van der Waals surface area contributed by atoms with E-state index < -0.39 is 5.97 Å². The van der Waals surface area contributed by atoms with Gasteiger partial charge in [0.25, 0.3) is 0 Å². The van der Waals surface area contributed by atoms with Gasteiger partial charge in [-0.05, 0) is 31.2 Å². The Bertz CT molecular complexity index is 626. The number of benzene rings is 1. The molecule has 1 heterocycles. The lowest BCUT2D eigenvalue weighted by atomic mass is 10.0. The number of hydrogen-bond donors (Lipinski definition) is 2. The monoisotopic (exact) mass is 397 g/mol. The summed E-state index contributed by atoms with van der Waals surface area (Å²) >= 11 is 5.93. The van der Waals surface area contributed by atoms with E-state index in [0.717, 1.165) is 12.0 Å². The van der Waals surface area contributed by atoms with Crippen LogP contribution >= 0.6 is 11.6 Å². The molecule has 1 aromatic rings. The van der Waals surface area contributed by atoms with Crippen molar-refractivity contribution >= 4 is 23.5 Å². The predicted molar refractivity (Wildman–Crippen MR) is 104 cm³/mol. The van der Waals surface area contributed by atoms with E-state index in [4.69, 9.17) is 21.4 Å². The third-order valence-electron chi connectivity index (χ3n) is 4.53. The Balaban J connectivity index is 1.83. The van der Waals surface area contributed by atoms with Crippen LogP contribution in [0.25, 0.3) is 0 Å². The zero-order chi connectivity index (χ0) is 19.8. The van der Waals surface area contributed by atoms with Crippen molar-refractivity contribution < 1.29 is 19.4 Å². The van der Waals surface area contributed by atoms with E-state index in [2.05, 4.69) is 5.32 Å². The van der Waals surface area contributed by atoms with Gasteiger partial charge in [-0.1, -0.05) is 30.7 Å². The van der Waals surface area contributed by atoms with Crippen LogP contribution in [0.1, 0.15) is 24.9 Å². The lowest BCUT2D eigenvalue weighted by molar-refractivity contribution is -0.138. The number of likely N-dealkylation sites (N-methyl/N-ethyl adjacent to an activating group) is 1. The van der Waals surface area contributed by atoms with Crippen molar-refractivity contribution in [1.29, 1.82) is 0 Å². The van der Waals surface area contributed by atoms with E-state index >= 15 is 0 Å². The Morgan fingerprint density at radius 1 is 1.41 bits per heavy atom. The van der Waals surface area contributed by atoms with Gasteiger partial charge in [0, 0.05) is 24.7 Å². The highest BCUT2D eigenvalue weighted by molar-refractivity contribution is 6.30. The second-order valence-electron chi connectivity index (χ2n) is 6.90. The van der Waals surface area contributed by atoms with E-state index in [1.807, 2.05) is 36.1 Å². The van der Waals surface area contributed by atoms with Crippen LogP contribution in [0.3, 0.4) is 0 Å².